The van der Waals surface area contributed by atoms with E-state index in [1.54, 1.807) is 55.5 Å². The smallest absolute Gasteiger partial charge is 0.248 e. The predicted molar refractivity (Wildman–Crippen MR) is 108 cm³/mol. The molecule has 0 fully saturated rings. The van der Waals surface area contributed by atoms with E-state index in [9.17, 15) is 9.90 Å². The van der Waals surface area contributed by atoms with Crippen LogP contribution in [0.4, 0.5) is 11.4 Å². The number of anilines is 2. The minimum atomic E-state index is -0.997. The number of benzene rings is 2. The van der Waals surface area contributed by atoms with Crippen LogP contribution in [0.25, 0.3) is 0 Å². The fourth-order valence-corrected chi connectivity index (χ4v) is 2.55. The first-order valence-corrected chi connectivity index (χ1v) is 9.02. The molecule has 7 nitrogen and oxygen atoms in total. The van der Waals surface area contributed by atoms with E-state index in [2.05, 4.69) is 5.32 Å². The van der Waals surface area contributed by atoms with Crippen LogP contribution < -0.4 is 15.8 Å². The Hall–Kier alpha value is -2.87. The molecule has 2 aromatic rings. The SMILES string of the molecule is CCO[C@H](/C=C/C(=O)Nc1ccccc1N)[C@H](O)c1cccc(OCCO)c1. The van der Waals surface area contributed by atoms with Crippen molar-refractivity contribution in [1.82, 2.24) is 0 Å². The summed E-state index contributed by atoms with van der Waals surface area (Å²) < 4.78 is 10.9. The van der Waals surface area contributed by atoms with E-state index in [4.69, 9.17) is 20.3 Å². The summed E-state index contributed by atoms with van der Waals surface area (Å²) in [6, 6.07) is 13.8. The topological polar surface area (TPSA) is 114 Å². The molecule has 5 N–H and O–H groups in total. The second-order valence-corrected chi connectivity index (χ2v) is 5.94. The van der Waals surface area contributed by atoms with Gasteiger partial charge >= 0.3 is 0 Å². The lowest BCUT2D eigenvalue weighted by Crippen LogP contribution is -2.21. The van der Waals surface area contributed by atoms with Gasteiger partial charge in [0.1, 0.15) is 24.6 Å². The highest BCUT2D eigenvalue weighted by atomic mass is 16.5. The summed E-state index contributed by atoms with van der Waals surface area (Å²) in [5.74, 6) is 0.150. The van der Waals surface area contributed by atoms with Crippen LogP contribution in [0.3, 0.4) is 0 Å². The van der Waals surface area contributed by atoms with Gasteiger partial charge in [0.05, 0.1) is 18.0 Å². The molecule has 28 heavy (non-hydrogen) atoms. The molecule has 0 saturated carbocycles. The largest absolute Gasteiger partial charge is 0.491 e. The van der Waals surface area contributed by atoms with Crippen LogP contribution in [0.5, 0.6) is 5.75 Å². The molecule has 0 spiro atoms. The van der Waals surface area contributed by atoms with Gasteiger partial charge in [-0.15, -0.1) is 0 Å². The van der Waals surface area contributed by atoms with Gasteiger partial charge in [0.2, 0.25) is 5.91 Å². The van der Waals surface area contributed by atoms with E-state index < -0.39 is 12.2 Å². The van der Waals surface area contributed by atoms with Crippen LogP contribution in [0.15, 0.2) is 60.7 Å². The van der Waals surface area contributed by atoms with Gasteiger partial charge in [0, 0.05) is 12.7 Å². The zero-order valence-corrected chi connectivity index (χ0v) is 15.7. The van der Waals surface area contributed by atoms with E-state index in [1.807, 2.05) is 0 Å². The molecule has 0 bridgehead atoms. The fourth-order valence-electron chi connectivity index (χ4n) is 2.55. The number of carbonyl (C=O) groups excluding carboxylic acids is 1. The van der Waals surface area contributed by atoms with Crippen molar-refractivity contribution in [3.8, 4) is 5.75 Å². The Kier molecular flexibility index (Phi) is 8.48. The van der Waals surface area contributed by atoms with Crippen molar-refractivity contribution >= 4 is 17.3 Å². The maximum absolute atomic E-state index is 12.2. The minimum absolute atomic E-state index is 0.0991. The third-order valence-corrected chi connectivity index (χ3v) is 3.89. The molecule has 150 valence electrons. The number of amides is 1. The van der Waals surface area contributed by atoms with Gasteiger partial charge in [-0.2, -0.15) is 0 Å². The molecule has 0 aromatic heterocycles. The van der Waals surface area contributed by atoms with Crippen LogP contribution in [0, 0.1) is 0 Å². The second-order valence-electron chi connectivity index (χ2n) is 5.94. The Bertz CT molecular complexity index is 794. The predicted octanol–water partition coefficient (Wildman–Crippen LogP) is 2.27. The van der Waals surface area contributed by atoms with Crippen molar-refractivity contribution in [2.24, 2.45) is 0 Å². The molecular formula is C21H26N2O5. The number of carbonyl (C=O) groups is 1. The average Bonchev–Trinajstić information content (AvgIpc) is 2.71. The summed E-state index contributed by atoms with van der Waals surface area (Å²) in [6.45, 7) is 2.23. The Labute approximate surface area is 164 Å². The molecule has 2 rings (SSSR count). The minimum Gasteiger partial charge on any atom is -0.491 e. The number of hydrogen-bond donors (Lipinski definition) is 4. The highest BCUT2D eigenvalue weighted by Gasteiger charge is 2.20. The van der Waals surface area contributed by atoms with Gasteiger partial charge in [-0.3, -0.25) is 4.79 Å². The summed E-state index contributed by atoms with van der Waals surface area (Å²) in [7, 11) is 0. The number of rotatable bonds is 10. The van der Waals surface area contributed by atoms with Crippen LogP contribution >= 0.6 is 0 Å². The summed E-state index contributed by atoms with van der Waals surface area (Å²) in [5, 5.41) is 22.2. The first kappa shape index (κ1) is 21.4. The highest BCUT2D eigenvalue weighted by molar-refractivity contribution is 6.01. The molecule has 1 amide bonds. The number of nitrogens with one attached hydrogen (secondary N) is 1. The van der Waals surface area contributed by atoms with Gasteiger partial charge in [0.25, 0.3) is 0 Å². The lowest BCUT2D eigenvalue weighted by atomic mass is 10.0. The number of nitrogen functional groups attached to an aromatic ring is 1. The monoisotopic (exact) mass is 386 g/mol. The normalized spacial score (nSPS) is 13.2. The van der Waals surface area contributed by atoms with E-state index in [0.717, 1.165) is 0 Å². The Morgan fingerprint density at radius 1 is 1.25 bits per heavy atom. The molecule has 0 aliphatic heterocycles. The van der Waals surface area contributed by atoms with Crippen molar-refractivity contribution < 1.29 is 24.5 Å². The van der Waals surface area contributed by atoms with Gasteiger partial charge in [0.15, 0.2) is 0 Å². The quantitative estimate of drug-likeness (QED) is 0.368. The standard InChI is InChI=1S/C21H26N2O5/c1-2-27-19(10-11-20(25)23-18-9-4-3-8-17(18)22)21(26)15-6-5-7-16(14-15)28-13-12-24/h3-11,14,19,21,24,26H,2,12-13,22H2,1H3,(H,23,25)/b11-10+/t19-,21-/m1/s1. The third-order valence-electron chi connectivity index (χ3n) is 3.89. The molecule has 2 atom stereocenters. The zero-order chi connectivity index (χ0) is 20.4. The summed E-state index contributed by atoms with van der Waals surface area (Å²) in [4.78, 5) is 12.2. The van der Waals surface area contributed by atoms with Crippen molar-refractivity contribution in [2.45, 2.75) is 19.1 Å². The molecule has 0 saturated heterocycles. The average molecular weight is 386 g/mol. The number of para-hydroxylation sites is 2. The Balaban J connectivity index is 2.08. The third kappa shape index (κ3) is 6.38. The lowest BCUT2D eigenvalue weighted by Gasteiger charge is -2.21. The van der Waals surface area contributed by atoms with Crippen molar-refractivity contribution in [3.63, 3.8) is 0 Å². The van der Waals surface area contributed by atoms with Gasteiger partial charge in [-0.1, -0.05) is 24.3 Å². The van der Waals surface area contributed by atoms with E-state index in [0.29, 0.717) is 29.3 Å². The fraction of sp³-hybridized carbons (Fsp3) is 0.286. The molecule has 0 heterocycles. The Morgan fingerprint density at radius 2 is 2.04 bits per heavy atom. The maximum Gasteiger partial charge on any atom is 0.248 e. The molecule has 7 heteroatoms. The van der Waals surface area contributed by atoms with E-state index in [-0.39, 0.29) is 19.1 Å². The molecule has 2 aromatic carbocycles. The molecule has 0 aliphatic carbocycles. The number of ether oxygens (including phenoxy) is 2. The zero-order valence-electron chi connectivity index (χ0n) is 15.7. The van der Waals surface area contributed by atoms with Gasteiger partial charge < -0.3 is 30.7 Å². The lowest BCUT2D eigenvalue weighted by molar-refractivity contribution is -0.112. The van der Waals surface area contributed by atoms with Crippen molar-refractivity contribution in [2.75, 3.05) is 30.9 Å². The van der Waals surface area contributed by atoms with E-state index in [1.165, 1.54) is 12.2 Å². The van der Waals surface area contributed by atoms with Gasteiger partial charge in [-0.05, 0) is 42.8 Å². The molecular weight excluding hydrogens is 360 g/mol. The maximum atomic E-state index is 12.2. The first-order chi connectivity index (χ1) is 13.5. The second kappa shape index (κ2) is 11.1. The molecule has 0 radical (unpaired) electrons. The summed E-state index contributed by atoms with van der Waals surface area (Å²) in [5.41, 5.74) is 7.37. The number of nitrogens with two attached hydrogens (primary N) is 1. The molecule has 0 unspecified atom stereocenters. The first-order valence-electron chi connectivity index (χ1n) is 9.02. The number of aliphatic hydroxyl groups excluding tert-OH is 2. The molecule has 0 aliphatic rings. The van der Waals surface area contributed by atoms with Crippen LogP contribution in [-0.2, 0) is 9.53 Å². The van der Waals surface area contributed by atoms with Crippen molar-refractivity contribution in [3.05, 3.63) is 66.2 Å². The number of aliphatic hydroxyl groups is 2. The van der Waals surface area contributed by atoms with Crippen molar-refractivity contribution in [1.29, 1.82) is 0 Å². The number of hydrogen-bond acceptors (Lipinski definition) is 6. The van der Waals surface area contributed by atoms with Crippen LogP contribution in [0.2, 0.25) is 0 Å². The van der Waals surface area contributed by atoms with Gasteiger partial charge in [-0.25, -0.2) is 0 Å². The highest BCUT2D eigenvalue weighted by Crippen LogP contribution is 2.24. The van der Waals surface area contributed by atoms with Crippen LogP contribution in [0.1, 0.15) is 18.6 Å². The summed E-state index contributed by atoms with van der Waals surface area (Å²) >= 11 is 0. The summed E-state index contributed by atoms with van der Waals surface area (Å²) in [6.07, 6.45) is 1.09. The van der Waals surface area contributed by atoms with Crippen LogP contribution in [-0.4, -0.2) is 42.0 Å². The van der Waals surface area contributed by atoms with E-state index >= 15 is 0 Å². The Morgan fingerprint density at radius 3 is 2.75 bits per heavy atom.